The third-order valence-electron chi connectivity index (χ3n) is 3.47. The van der Waals surface area contributed by atoms with E-state index in [0.717, 1.165) is 16.5 Å². The predicted octanol–water partition coefficient (Wildman–Crippen LogP) is 3.90. The van der Waals surface area contributed by atoms with E-state index >= 15 is 0 Å². The number of nitrogens with two attached hydrogens (primary N) is 1. The summed E-state index contributed by atoms with van der Waals surface area (Å²) >= 11 is 1.68. The van der Waals surface area contributed by atoms with Gasteiger partial charge in [0.15, 0.2) is 0 Å². The van der Waals surface area contributed by atoms with Crippen molar-refractivity contribution in [3.8, 4) is 0 Å². The monoisotopic (exact) mass is 286 g/mol. The SMILES string of the molecule is Cc1cc(C(NN)c2ccc(F)c3ccccc23)cs1. The number of aryl methyl sites for hydroxylation is 1. The smallest absolute Gasteiger partial charge is 0.131 e. The molecule has 2 nitrogen and oxygen atoms in total. The van der Waals surface area contributed by atoms with E-state index in [0.29, 0.717) is 5.39 Å². The molecule has 0 saturated heterocycles. The first-order valence-electron chi connectivity index (χ1n) is 6.39. The van der Waals surface area contributed by atoms with Crippen molar-refractivity contribution in [1.82, 2.24) is 5.43 Å². The van der Waals surface area contributed by atoms with E-state index in [1.54, 1.807) is 23.5 Å². The van der Waals surface area contributed by atoms with Crippen LogP contribution in [0.5, 0.6) is 0 Å². The van der Waals surface area contributed by atoms with Crippen LogP contribution in [0.1, 0.15) is 22.0 Å². The highest BCUT2D eigenvalue weighted by Crippen LogP contribution is 2.31. The van der Waals surface area contributed by atoms with Gasteiger partial charge < -0.3 is 0 Å². The van der Waals surface area contributed by atoms with Gasteiger partial charge in [0, 0.05) is 10.3 Å². The molecule has 1 heterocycles. The molecule has 1 atom stereocenters. The number of halogens is 1. The van der Waals surface area contributed by atoms with Crippen molar-refractivity contribution in [3.63, 3.8) is 0 Å². The lowest BCUT2D eigenvalue weighted by molar-refractivity contribution is 0.628. The Morgan fingerprint density at radius 3 is 2.55 bits per heavy atom. The van der Waals surface area contributed by atoms with Crippen molar-refractivity contribution in [1.29, 1.82) is 0 Å². The molecule has 0 radical (unpaired) electrons. The fourth-order valence-corrected chi connectivity index (χ4v) is 3.25. The van der Waals surface area contributed by atoms with Gasteiger partial charge in [-0.3, -0.25) is 5.84 Å². The standard InChI is InChI=1S/C16H15FN2S/c1-10-8-11(9-20-10)16(19-18)14-6-7-15(17)13-5-3-2-4-12(13)14/h2-9,16,19H,18H2,1H3. The van der Waals surface area contributed by atoms with Crippen LogP contribution >= 0.6 is 11.3 Å². The average molecular weight is 286 g/mol. The van der Waals surface area contributed by atoms with E-state index in [9.17, 15) is 4.39 Å². The van der Waals surface area contributed by atoms with Crippen molar-refractivity contribution in [3.05, 3.63) is 69.7 Å². The summed E-state index contributed by atoms with van der Waals surface area (Å²) in [5.41, 5.74) is 4.94. The molecule has 0 fully saturated rings. The van der Waals surface area contributed by atoms with Crippen molar-refractivity contribution in [2.75, 3.05) is 0 Å². The van der Waals surface area contributed by atoms with Gasteiger partial charge in [-0.2, -0.15) is 0 Å². The van der Waals surface area contributed by atoms with Gasteiger partial charge >= 0.3 is 0 Å². The Kier molecular flexibility index (Phi) is 3.53. The number of hydrogen-bond donors (Lipinski definition) is 2. The zero-order valence-corrected chi connectivity index (χ0v) is 11.9. The Bertz CT molecular complexity index is 751. The highest BCUT2D eigenvalue weighted by Gasteiger charge is 2.17. The van der Waals surface area contributed by atoms with E-state index in [-0.39, 0.29) is 11.9 Å². The van der Waals surface area contributed by atoms with Crippen LogP contribution in [0.3, 0.4) is 0 Å². The van der Waals surface area contributed by atoms with Crippen molar-refractivity contribution >= 4 is 22.1 Å². The Morgan fingerprint density at radius 1 is 1.15 bits per heavy atom. The van der Waals surface area contributed by atoms with Crippen LogP contribution in [-0.2, 0) is 0 Å². The Balaban J connectivity index is 2.20. The minimum atomic E-state index is -0.207. The molecule has 0 aliphatic carbocycles. The van der Waals surface area contributed by atoms with E-state index in [1.165, 1.54) is 10.9 Å². The predicted molar refractivity (Wildman–Crippen MR) is 82.1 cm³/mol. The maximum Gasteiger partial charge on any atom is 0.131 e. The maximum absolute atomic E-state index is 13.9. The van der Waals surface area contributed by atoms with E-state index in [4.69, 9.17) is 5.84 Å². The summed E-state index contributed by atoms with van der Waals surface area (Å²) < 4.78 is 13.9. The number of nitrogens with one attached hydrogen (secondary N) is 1. The molecule has 0 amide bonds. The first-order valence-corrected chi connectivity index (χ1v) is 7.27. The van der Waals surface area contributed by atoms with E-state index in [1.807, 2.05) is 18.2 Å². The molecule has 4 heteroatoms. The largest absolute Gasteiger partial charge is 0.271 e. The van der Waals surface area contributed by atoms with E-state index in [2.05, 4.69) is 23.8 Å². The summed E-state index contributed by atoms with van der Waals surface area (Å²) in [6.45, 7) is 2.06. The fourth-order valence-electron chi connectivity index (χ4n) is 2.52. The van der Waals surface area contributed by atoms with Gasteiger partial charge in [0.2, 0.25) is 0 Å². The van der Waals surface area contributed by atoms with Crippen LogP contribution in [0, 0.1) is 12.7 Å². The normalized spacial score (nSPS) is 12.8. The first kappa shape index (κ1) is 13.2. The summed E-state index contributed by atoms with van der Waals surface area (Å²) in [5.74, 6) is 5.53. The second-order valence-electron chi connectivity index (χ2n) is 4.77. The second-order valence-corrected chi connectivity index (χ2v) is 5.89. The van der Waals surface area contributed by atoms with Gasteiger partial charge in [0.05, 0.1) is 6.04 Å². The molecule has 20 heavy (non-hydrogen) atoms. The highest BCUT2D eigenvalue weighted by atomic mass is 32.1. The topological polar surface area (TPSA) is 38.0 Å². The van der Waals surface area contributed by atoms with Crippen LogP contribution in [0.25, 0.3) is 10.8 Å². The summed E-state index contributed by atoms with van der Waals surface area (Å²) in [7, 11) is 0. The molecule has 0 aliphatic heterocycles. The Morgan fingerprint density at radius 2 is 1.90 bits per heavy atom. The summed E-state index contributed by atoms with van der Waals surface area (Å²) in [5, 5.41) is 3.59. The van der Waals surface area contributed by atoms with Crippen molar-refractivity contribution < 1.29 is 4.39 Å². The molecule has 3 aromatic rings. The number of benzene rings is 2. The molecule has 0 bridgehead atoms. The molecule has 102 valence electrons. The third kappa shape index (κ3) is 2.22. The van der Waals surface area contributed by atoms with Crippen LogP contribution in [0.2, 0.25) is 0 Å². The summed E-state index contributed by atoms with van der Waals surface area (Å²) in [6.07, 6.45) is 0. The molecule has 0 saturated carbocycles. The lowest BCUT2D eigenvalue weighted by Crippen LogP contribution is -2.28. The van der Waals surface area contributed by atoms with Crippen LogP contribution < -0.4 is 11.3 Å². The second kappa shape index (κ2) is 5.32. The summed E-state index contributed by atoms with van der Waals surface area (Å²) in [4.78, 5) is 1.23. The first-order chi connectivity index (χ1) is 9.70. The zero-order chi connectivity index (χ0) is 14.1. The molecular formula is C16H15FN2S. The maximum atomic E-state index is 13.9. The van der Waals surface area contributed by atoms with E-state index < -0.39 is 0 Å². The van der Waals surface area contributed by atoms with Gasteiger partial charge in [-0.25, -0.2) is 9.82 Å². The molecular weight excluding hydrogens is 271 g/mol. The number of fused-ring (bicyclic) bond motifs is 1. The molecule has 3 rings (SSSR count). The molecule has 0 spiro atoms. The Hall–Kier alpha value is -1.75. The van der Waals surface area contributed by atoms with Gasteiger partial charge in [-0.1, -0.05) is 30.3 Å². The Labute approximate surface area is 121 Å². The van der Waals surface area contributed by atoms with Gasteiger partial charge in [0.1, 0.15) is 5.82 Å². The lowest BCUT2D eigenvalue weighted by Gasteiger charge is -2.18. The third-order valence-corrected chi connectivity index (χ3v) is 4.35. The van der Waals surface area contributed by atoms with Gasteiger partial charge in [-0.05, 0) is 40.9 Å². The average Bonchev–Trinajstić information content (AvgIpc) is 2.89. The quantitative estimate of drug-likeness (QED) is 0.566. The minimum absolute atomic E-state index is 0.134. The molecule has 1 aromatic heterocycles. The van der Waals surface area contributed by atoms with Crippen molar-refractivity contribution in [2.24, 2.45) is 5.84 Å². The fraction of sp³-hybridized carbons (Fsp3) is 0.125. The van der Waals surface area contributed by atoms with Crippen LogP contribution in [0.4, 0.5) is 4.39 Å². The number of hydrogen-bond acceptors (Lipinski definition) is 3. The summed E-state index contributed by atoms with van der Waals surface area (Å²) in [6, 6.07) is 12.7. The van der Waals surface area contributed by atoms with Crippen molar-refractivity contribution in [2.45, 2.75) is 13.0 Å². The number of rotatable bonds is 3. The van der Waals surface area contributed by atoms with Crippen LogP contribution in [-0.4, -0.2) is 0 Å². The van der Waals surface area contributed by atoms with Gasteiger partial charge in [0.25, 0.3) is 0 Å². The minimum Gasteiger partial charge on any atom is -0.271 e. The zero-order valence-electron chi connectivity index (χ0n) is 11.1. The lowest BCUT2D eigenvalue weighted by atomic mass is 9.95. The molecule has 0 aliphatic rings. The van der Waals surface area contributed by atoms with Crippen LogP contribution in [0.15, 0.2) is 47.8 Å². The number of thiophene rings is 1. The molecule has 3 N–H and O–H groups in total. The molecule has 1 unspecified atom stereocenters. The molecule has 2 aromatic carbocycles. The van der Waals surface area contributed by atoms with Gasteiger partial charge in [-0.15, -0.1) is 11.3 Å². The number of hydrazine groups is 1. The highest BCUT2D eigenvalue weighted by molar-refractivity contribution is 7.10.